The predicted molar refractivity (Wildman–Crippen MR) is 82.8 cm³/mol. The molecule has 0 N–H and O–H groups in total. The van der Waals surface area contributed by atoms with Gasteiger partial charge in [0.2, 0.25) is 0 Å². The van der Waals surface area contributed by atoms with Crippen molar-refractivity contribution in [2.45, 2.75) is 25.9 Å². The van der Waals surface area contributed by atoms with Crippen LogP contribution in [0.15, 0.2) is 22.7 Å². The maximum absolute atomic E-state index is 11.0. The van der Waals surface area contributed by atoms with Crippen molar-refractivity contribution in [2.24, 2.45) is 0 Å². The molecule has 0 aliphatic carbocycles. The maximum atomic E-state index is 11.0. The summed E-state index contributed by atoms with van der Waals surface area (Å²) in [5, 5.41) is 11.0. The van der Waals surface area contributed by atoms with E-state index in [1.54, 1.807) is 6.07 Å². The lowest BCUT2D eigenvalue weighted by atomic mass is 10.1. The molecule has 1 heterocycles. The highest BCUT2D eigenvalue weighted by atomic mass is 79.9. The van der Waals surface area contributed by atoms with Gasteiger partial charge in [-0.15, -0.1) is 0 Å². The average Bonchev–Trinajstić information content (AvgIpc) is 2.53. The van der Waals surface area contributed by atoms with Crippen molar-refractivity contribution >= 4 is 21.6 Å². The second-order valence-corrected chi connectivity index (χ2v) is 6.24. The number of nitrogens with zero attached hydrogens (tertiary/aromatic N) is 3. The molecular formula is C14H20BrN3O2. The number of nitro benzene ring substituents is 1. The smallest absolute Gasteiger partial charge is 0.283 e. The Kier molecular flexibility index (Phi) is 5.12. The van der Waals surface area contributed by atoms with Crippen LogP contribution in [0.1, 0.15) is 18.9 Å². The zero-order valence-corrected chi connectivity index (χ0v) is 13.5. The molecule has 0 radical (unpaired) electrons. The number of halogens is 1. The van der Waals surface area contributed by atoms with Crippen LogP contribution in [0.25, 0.3) is 0 Å². The van der Waals surface area contributed by atoms with Gasteiger partial charge in [0.05, 0.1) is 9.40 Å². The molecule has 1 aliphatic heterocycles. The van der Waals surface area contributed by atoms with Crippen molar-refractivity contribution in [3.8, 4) is 0 Å². The summed E-state index contributed by atoms with van der Waals surface area (Å²) in [4.78, 5) is 15.4. The number of hydrogen-bond acceptors (Lipinski definition) is 4. The highest BCUT2D eigenvalue weighted by molar-refractivity contribution is 9.10. The van der Waals surface area contributed by atoms with Gasteiger partial charge >= 0.3 is 0 Å². The normalized spacial score (nSPS) is 21.6. The monoisotopic (exact) mass is 341 g/mol. The van der Waals surface area contributed by atoms with Crippen molar-refractivity contribution in [3.63, 3.8) is 0 Å². The molecule has 1 aromatic carbocycles. The molecule has 1 aliphatic rings. The molecule has 0 aromatic heterocycles. The van der Waals surface area contributed by atoms with Crippen LogP contribution in [0.5, 0.6) is 0 Å². The first kappa shape index (κ1) is 15.4. The van der Waals surface area contributed by atoms with E-state index in [0.717, 1.165) is 38.2 Å². The van der Waals surface area contributed by atoms with E-state index in [1.165, 1.54) is 6.07 Å². The number of hydrogen-bond donors (Lipinski definition) is 0. The van der Waals surface area contributed by atoms with E-state index < -0.39 is 0 Å². The van der Waals surface area contributed by atoms with Crippen molar-refractivity contribution in [1.82, 2.24) is 9.80 Å². The molecule has 1 aromatic rings. The molecule has 2 rings (SSSR count). The minimum atomic E-state index is -0.340. The van der Waals surface area contributed by atoms with E-state index in [9.17, 15) is 10.1 Å². The molecule has 0 amide bonds. The van der Waals surface area contributed by atoms with Crippen LogP contribution < -0.4 is 0 Å². The molecule has 1 atom stereocenters. The van der Waals surface area contributed by atoms with E-state index in [1.807, 2.05) is 6.07 Å². The van der Waals surface area contributed by atoms with Crippen LogP contribution in [0.4, 0.5) is 5.69 Å². The Balaban J connectivity index is 2.17. The van der Waals surface area contributed by atoms with Gasteiger partial charge in [-0.05, 0) is 48.4 Å². The summed E-state index contributed by atoms with van der Waals surface area (Å²) < 4.78 is 0.606. The molecule has 1 unspecified atom stereocenters. The van der Waals surface area contributed by atoms with Crippen LogP contribution in [0.3, 0.4) is 0 Å². The van der Waals surface area contributed by atoms with E-state index in [2.05, 4.69) is 39.7 Å². The van der Waals surface area contributed by atoms with Crippen LogP contribution in [-0.2, 0) is 6.54 Å². The van der Waals surface area contributed by atoms with Crippen molar-refractivity contribution in [2.75, 3.05) is 26.7 Å². The van der Waals surface area contributed by atoms with Gasteiger partial charge in [-0.25, -0.2) is 0 Å². The molecule has 5 nitrogen and oxygen atoms in total. The highest BCUT2D eigenvalue weighted by Crippen LogP contribution is 2.29. The molecular weight excluding hydrogens is 322 g/mol. The summed E-state index contributed by atoms with van der Waals surface area (Å²) in [6.45, 7) is 6.13. The van der Waals surface area contributed by atoms with E-state index in [4.69, 9.17) is 0 Å². The number of likely N-dealkylation sites (N-methyl/N-ethyl adjacent to an activating group) is 1. The van der Waals surface area contributed by atoms with Gasteiger partial charge in [-0.3, -0.25) is 15.0 Å². The molecule has 6 heteroatoms. The molecule has 0 saturated carbocycles. The molecule has 1 fully saturated rings. The molecule has 0 spiro atoms. The van der Waals surface area contributed by atoms with Gasteiger partial charge < -0.3 is 4.90 Å². The second-order valence-electron chi connectivity index (χ2n) is 5.44. The highest BCUT2D eigenvalue weighted by Gasteiger charge is 2.22. The minimum absolute atomic E-state index is 0.141. The summed E-state index contributed by atoms with van der Waals surface area (Å²) in [5.74, 6) is 0. The standard InChI is InChI=1S/C14H20BrN3O2/c1-11-9-16(2)7-4-8-17(11)10-12-5-3-6-13(14(12)15)18(19)20/h3,5-6,11H,4,7-10H2,1-2H3. The fourth-order valence-electron chi connectivity index (χ4n) is 2.70. The summed E-state index contributed by atoms with van der Waals surface area (Å²) >= 11 is 3.38. The second kappa shape index (κ2) is 6.65. The van der Waals surface area contributed by atoms with Gasteiger partial charge in [0.25, 0.3) is 5.69 Å². The fraction of sp³-hybridized carbons (Fsp3) is 0.571. The van der Waals surface area contributed by atoms with E-state index in [0.29, 0.717) is 10.5 Å². The van der Waals surface area contributed by atoms with Gasteiger partial charge in [0.1, 0.15) is 0 Å². The molecule has 0 bridgehead atoms. The first-order valence-electron chi connectivity index (χ1n) is 6.83. The summed E-state index contributed by atoms with van der Waals surface area (Å²) in [5.41, 5.74) is 1.12. The lowest BCUT2D eigenvalue weighted by Crippen LogP contribution is -2.37. The Bertz CT molecular complexity index is 495. The SMILES string of the molecule is CC1CN(C)CCCN1Cc1cccc([N+](=O)[O-])c1Br. The van der Waals surface area contributed by atoms with Crippen molar-refractivity contribution < 1.29 is 4.92 Å². The topological polar surface area (TPSA) is 49.6 Å². The van der Waals surface area contributed by atoms with Crippen LogP contribution in [-0.4, -0.2) is 47.4 Å². The van der Waals surface area contributed by atoms with Gasteiger partial charge in [-0.1, -0.05) is 12.1 Å². The van der Waals surface area contributed by atoms with Crippen molar-refractivity contribution in [1.29, 1.82) is 0 Å². The van der Waals surface area contributed by atoms with E-state index in [-0.39, 0.29) is 10.6 Å². The third-order valence-electron chi connectivity index (χ3n) is 3.81. The first-order valence-corrected chi connectivity index (χ1v) is 7.62. The Hall–Kier alpha value is -0.980. The predicted octanol–water partition coefficient (Wildman–Crippen LogP) is 2.88. The summed E-state index contributed by atoms with van der Waals surface area (Å²) in [6.07, 6.45) is 1.13. The van der Waals surface area contributed by atoms with Crippen LogP contribution >= 0.6 is 15.9 Å². The van der Waals surface area contributed by atoms with Crippen LogP contribution in [0, 0.1) is 10.1 Å². The maximum Gasteiger partial charge on any atom is 0.283 e. The molecule has 20 heavy (non-hydrogen) atoms. The lowest BCUT2D eigenvalue weighted by molar-refractivity contribution is -0.385. The van der Waals surface area contributed by atoms with Crippen LogP contribution in [0.2, 0.25) is 0 Å². The third-order valence-corrected chi connectivity index (χ3v) is 4.73. The Morgan fingerprint density at radius 2 is 2.20 bits per heavy atom. The Morgan fingerprint density at radius 1 is 1.45 bits per heavy atom. The summed E-state index contributed by atoms with van der Waals surface area (Å²) in [6, 6.07) is 5.70. The quantitative estimate of drug-likeness (QED) is 0.626. The number of benzene rings is 1. The largest absolute Gasteiger partial charge is 0.305 e. The van der Waals surface area contributed by atoms with E-state index >= 15 is 0 Å². The van der Waals surface area contributed by atoms with Gasteiger partial charge in [-0.2, -0.15) is 0 Å². The molecule has 110 valence electrons. The zero-order chi connectivity index (χ0) is 14.7. The third kappa shape index (κ3) is 3.56. The first-order chi connectivity index (χ1) is 9.49. The minimum Gasteiger partial charge on any atom is -0.305 e. The molecule has 1 saturated heterocycles. The van der Waals surface area contributed by atoms with Gasteiger partial charge in [0, 0.05) is 31.7 Å². The average molecular weight is 342 g/mol. The Labute approximate surface area is 127 Å². The fourth-order valence-corrected chi connectivity index (χ4v) is 3.24. The lowest BCUT2D eigenvalue weighted by Gasteiger charge is -2.28. The summed E-state index contributed by atoms with van der Waals surface area (Å²) in [7, 11) is 2.14. The van der Waals surface area contributed by atoms with Gasteiger partial charge in [0.15, 0.2) is 0 Å². The van der Waals surface area contributed by atoms with Crippen molar-refractivity contribution in [3.05, 3.63) is 38.3 Å². The number of rotatable bonds is 3. The number of nitro groups is 1. The zero-order valence-electron chi connectivity index (χ0n) is 11.9. The Morgan fingerprint density at radius 3 is 2.90 bits per heavy atom.